The number of halogens is 1. The summed E-state index contributed by atoms with van der Waals surface area (Å²) in [6.07, 6.45) is 0.270. The third-order valence-electron chi connectivity index (χ3n) is 3.41. The first-order chi connectivity index (χ1) is 11.1. The van der Waals surface area contributed by atoms with E-state index in [4.69, 9.17) is 9.84 Å². The van der Waals surface area contributed by atoms with E-state index in [0.29, 0.717) is 11.4 Å². The maximum Gasteiger partial charge on any atom is 0.224 e. The van der Waals surface area contributed by atoms with Crippen LogP contribution in [0.25, 0.3) is 0 Å². The Balaban J connectivity index is 1.89. The predicted molar refractivity (Wildman–Crippen MR) is 87.1 cm³/mol. The van der Waals surface area contributed by atoms with Crippen molar-refractivity contribution < 1.29 is 19.0 Å². The second kappa shape index (κ2) is 8.29. The third-order valence-corrected chi connectivity index (χ3v) is 3.41. The zero-order valence-corrected chi connectivity index (χ0v) is 13.0. The molecule has 2 aromatic rings. The van der Waals surface area contributed by atoms with Crippen molar-refractivity contribution in [3.63, 3.8) is 0 Å². The highest BCUT2D eigenvalue weighted by Gasteiger charge is 2.12. The molecule has 1 unspecified atom stereocenters. The number of hydrogen-bond acceptors (Lipinski definition) is 3. The normalized spacial score (nSPS) is 11.8. The van der Waals surface area contributed by atoms with E-state index < -0.39 is 0 Å². The van der Waals surface area contributed by atoms with Crippen molar-refractivity contribution >= 4 is 11.6 Å². The summed E-state index contributed by atoms with van der Waals surface area (Å²) in [6, 6.07) is 13.2. The number of hydrogen-bond donors (Lipinski definition) is 2. The number of carbonyl (C=O) groups excluding carboxylic acids is 1. The van der Waals surface area contributed by atoms with Crippen molar-refractivity contribution in [2.24, 2.45) is 0 Å². The number of amides is 1. The van der Waals surface area contributed by atoms with Gasteiger partial charge >= 0.3 is 0 Å². The van der Waals surface area contributed by atoms with Crippen molar-refractivity contribution in [3.8, 4) is 5.75 Å². The highest BCUT2D eigenvalue weighted by Crippen LogP contribution is 2.21. The molecule has 0 bridgehead atoms. The first-order valence-electron chi connectivity index (χ1n) is 7.47. The molecule has 0 heterocycles. The number of carbonyl (C=O) groups is 1. The standard InChI is InChI=1S/C18H20FNO3/c1-13(14-3-2-4-15(19)12-14)11-18(22)20-16-5-7-17(8-6-16)23-10-9-21/h2-8,12-13,21H,9-11H2,1H3,(H,20,22). The second-order valence-corrected chi connectivity index (χ2v) is 5.30. The van der Waals surface area contributed by atoms with Crippen molar-refractivity contribution in [3.05, 3.63) is 59.9 Å². The molecule has 4 nitrogen and oxygen atoms in total. The SMILES string of the molecule is CC(CC(=O)Nc1ccc(OCCO)cc1)c1cccc(F)c1. The average molecular weight is 317 g/mol. The Morgan fingerprint density at radius 3 is 2.65 bits per heavy atom. The molecule has 0 aliphatic rings. The Bertz CT molecular complexity index is 643. The molecule has 2 rings (SSSR count). The van der Waals surface area contributed by atoms with Crippen LogP contribution < -0.4 is 10.1 Å². The second-order valence-electron chi connectivity index (χ2n) is 5.30. The van der Waals surface area contributed by atoms with Crippen molar-refractivity contribution in [2.45, 2.75) is 19.3 Å². The summed E-state index contributed by atoms with van der Waals surface area (Å²) < 4.78 is 18.5. The quantitative estimate of drug-likeness (QED) is 0.823. The molecule has 1 amide bonds. The monoisotopic (exact) mass is 317 g/mol. The lowest BCUT2D eigenvalue weighted by Crippen LogP contribution is -2.14. The Labute approximate surface area is 134 Å². The minimum atomic E-state index is -0.298. The fourth-order valence-electron chi connectivity index (χ4n) is 2.22. The van der Waals surface area contributed by atoms with E-state index in [9.17, 15) is 9.18 Å². The van der Waals surface area contributed by atoms with E-state index in [1.807, 2.05) is 13.0 Å². The Morgan fingerprint density at radius 1 is 1.26 bits per heavy atom. The number of aliphatic hydroxyl groups is 1. The van der Waals surface area contributed by atoms with Gasteiger partial charge in [0.1, 0.15) is 18.2 Å². The highest BCUT2D eigenvalue weighted by atomic mass is 19.1. The fourth-order valence-corrected chi connectivity index (χ4v) is 2.22. The number of ether oxygens (including phenoxy) is 1. The van der Waals surface area contributed by atoms with Gasteiger partial charge in [0.2, 0.25) is 5.91 Å². The molecule has 5 heteroatoms. The smallest absolute Gasteiger partial charge is 0.224 e. The maximum absolute atomic E-state index is 13.2. The van der Waals surface area contributed by atoms with Crippen LogP contribution in [0.4, 0.5) is 10.1 Å². The van der Waals surface area contributed by atoms with Crippen LogP contribution in [0.2, 0.25) is 0 Å². The molecule has 2 N–H and O–H groups in total. The molecule has 0 aliphatic carbocycles. The van der Waals surface area contributed by atoms with Crippen LogP contribution in [0, 0.1) is 5.82 Å². The Hall–Kier alpha value is -2.40. The summed E-state index contributed by atoms with van der Waals surface area (Å²) >= 11 is 0. The van der Waals surface area contributed by atoms with E-state index >= 15 is 0 Å². The van der Waals surface area contributed by atoms with Crippen LogP contribution in [0.5, 0.6) is 5.75 Å². The number of nitrogens with one attached hydrogen (secondary N) is 1. The lowest BCUT2D eigenvalue weighted by Gasteiger charge is -2.12. The van der Waals surface area contributed by atoms with Crippen LogP contribution in [0.3, 0.4) is 0 Å². The Morgan fingerprint density at radius 2 is 2.00 bits per heavy atom. The topological polar surface area (TPSA) is 58.6 Å². The molecule has 2 aromatic carbocycles. The minimum Gasteiger partial charge on any atom is -0.491 e. The summed E-state index contributed by atoms with van der Waals surface area (Å²) in [4.78, 5) is 12.1. The van der Waals surface area contributed by atoms with Crippen molar-refractivity contribution in [1.82, 2.24) is 0 Å². The van der Waals surface area contributed by atoms with Gasteiger partial charge in [-0.05, 0) is 47.9 Å². The summed E-state index contributed by atoms with van der Waals surface area (Å²) in [5.41, 5.74) is 1.46. The van der Waals surface area contributed by atoms with Crippen LogP contribution in [-0.2, 0) is 4.79 Å². The van der Waals surface area contributed by atoms with Gasteiger partial charge in [-0.3, -0.25) is 4.79 Å². The molecular formula is C18H20FNO3. The first kappa shape index (κ1) is 17.0. The van der Waals surface area contributed by atoms with Crippen LogP contribution in [0.1, 0.15) is 24.8 Å². The van der Waals surface area contributed by atoms with Gasteiger partial charge in [0.25, 0.3) is 0 Å². The largest absolute Gasteiger partial charge is 0.491 e. The van der Waals surface area contributed by atoms with Gasteiger partial charge in [-0.1, -0.05) is 19.1 Å². The zero-order chi connectivity index (χ0) is 16.7. The number of benzene rings is 2. The predicted octanol–water partition coefficient (Wildman–Crippen LogP) is 3.33. The van der Waals surface area contributed by atoms with Gasteiger partial charge in [-0.2, -0.15) is 0 Å². The molecule has 122 valence electrons. The lowest BCUT2D eigenvalue weighted by atomic mass is 9.97. The fraction of sp³-hybridized carbons (Fsp3) is 0.278. The van der Waals surface area contributed by atoms with Crippen LogP contribution >= 0.6 is 0 Å². The van der Waals surface area contributed by atoms with Gasteiger partial charge in [0.15, 0.2) is 0 Å². The lowest BCUT2D eigenvalue weighted by molar-refractivity contribution is -0.116. The number of rotatable bonds is 7. The summed E-state index contributed by atoms with van der Waals surface area (Å²) in [7, 11) is 0. The molecule has 1 atom stereocenters. The zero-order valence-electron chi connectivity index (χ0n) is 13.0. The number of aliphatic hydroxyl groups excluding tert-OH is 1. The molecule has 23 heavy (non-hydrogen) atoms. The highest BCUT2D eigenvalue weighted by molar-refractivity contribution is 5.91. The Kier molecular flexibility index (Phi) is 6.11. The van der Waals surface area contributed by atoms with E-state index in [0.717, 1.165) is 5.56 Å². The first-order valence-corrected chi connectivity index (χ1v) is 7.47. The van der Waals surface area contributed by atoms with Gasteiger partial charge in [-0.25, -0.2) is 4.39 Å². The summed E-state index contributed by atoms with van der Waals surface area (Å²) in [5.74, 6) is 0.127. The summed E-state index contributed by atoms with van der Waals surface area (Å²) in [5, 5.41) is 11.5. The van der Waals surface area contributed by atoms with E-state index in [2.05, 4.69) is 5.32 Å². The van der Waals surface area contributed by atoms with E-state index in [1.54, 1.807) is 30.3 Å². The molecule has 0 saturated carbocycles. The van der Waals surface area contributed by atoms with Crippen LogP contribution in [0.15, 0.2) is 48.5 Å². The molecular weight excluding hydrogens is 297 g/mol. The molecule has 0 aromatic heterocycles. The van der Waals surface area contributed by atoms with Gasteiger partial charge in [-0.15, -0.1) is 0 Å². The van der Waals surface area contributed by atoms with E-state index in [1.165, 1.54) is 12.1 Å². The van der Waals surface area contributed by atoms with Gasteiger partial charge < -0.3 is 15.2 Å². The third kappa shape index (κ3) is 5.38. The summed E-state index contributed by atoms with van der Waals surface area (Å²) in [6.45, 7) is 2.08. The molecule has 0 saturated heterocycles. The van der Waals surface area contributed by atoms with Crippen molar-refractivity contribution in [1.29, 1.82) is 0 Å². The van der Waals surface area contributed by atoms with E-state index in [-0.39, 0.29) is 37.3 Å². The number of anilines is 1. The average Bonchev–Trinajstić information content (AvgIpc) is 2.54. The molecule has 0 spiro atoms. The molecule has 0 radical (unpaired) electrons. The minimum absolute atomic E-state index is 0.0452. The van der Waals surface area contributed by atoms with Crippen LogP contribution in [-0.4, -0.2) is 24.2 Å². The van der Waals surface area contributed by atoms with Crippen molar-refractivity contribution in [2.75, 3.05) is 18.5 Å². The maximum atomic E-state index is 13.2. The molecule has 0 aliphatic heterocycles. The van der Waals surface area contributed by atoms with Gasteiger partial charge in [0.05, 0.1) is 6.61 Å². The molecule has 0 fully saturated rings. The van der Waals surface area contributed by atoms with Gasteiger partial charge in [0, 0.05) is 12.1 Å².